The van der Waals surface area contributed by atoms with Crippen molar-refractivity contribution in [1.82, 2.24) is 20.0 Å². The standard InChI is InChI=1S/C18H20N4O4/c1-10(2)8-22-9-11(6-7-14(22)23)16-20-17(26-21-16)12-4-3-5-13-15(12)19-18(24)25-13/h3-5,10-11H,6-9H2,1-2H3,(H,19,24). The molecular weight excluding hydrogens is 336 g/mol. The number of amides is 1. The lowest BCUT2D eigenvalue weighted by Gasteiger charge is -2.32. The van der Waals surface area contributed by atoms with Gasteiger partial charge in [0.15, 0.2) is 11.4 Å². The highest BCUT2D eigenvalue weighted by Gasteiger charge is 2.30. The van der Waals surface area contributed by atoms with E-state index in [2.05, 4.69) is 29.0 Å². The summed E-state index contributed by atoms with van der Waals surface area (Å²) in [6.07, 6.45) is 1.20. The third-order valence-corrected chi connectivity index (χ3v) is 4.58. The summed E-state index contributed by atoms with van der Waals surface area (Å²) < 4.78 is 10.5. The molecule has 8 heteroatoms. The fourth-order valence-electron chi connectivity index (χ4n) is 3.40. The Morgan fingerprint density at radius 1 is 1.35 bits per heavy atom. The van der Waals surface area contributed by atoms with E-state index in [9.17, 15) is 9.59 Å². The predicted octanol–water partition coefficient (Wildman–Crippen LogP) is 2.53. The third kappa shape index (κ3) is 3.02. The van der Waals surface area contributed by atoms with Gasteiger partial charge in [-0.15, -0.1) is 0 Å². The van der Waals surface area contributed by atoms with Gasteiger partial charge in [-0.3, -0.25) is 9.78 Å². The topological polar surface area (TPSA) is 105 Å². The van der Waals surface area contributed by atoms with Crippen molar-refractivity contribution < 1.29 is 13.7 Å². The van der Waals surface area contributed by atoms with E-state index in [0.717, 1.165) is 6.54 Å². The Labute approximate surface area is 149 Å². The largest absolute Gasteiger partial charge is 0.417 e. The number of rotatable bonds is 4. The van der Waals surface area contributed by atoms with E-state index >= 15 is 0 Å². The van der Waals surface area contributed by atoms with Crippen molar-refractivity contribution in [2.24, 2.45) is 5.92 Å². The molecule has 1 N–H and O–H groups in total. The fraction of sp³-hybridized carbons (Fsp3) is 0.444. The summed E-state index contributed by atoms with van der Waals surface area (Å²) in [6.45, 7) is 5.52. The highest BCUT2D eigenvalue weighted by molar-refractivity contribution is 5.87. The van der Waals surface area contributed by atoms with Crippen LogP contribution in [-0.4, -0.2) is 39.0 Å². The number of hydrogen-bond acceptors (Lipinski definition) is 6. The minimum atomic E-state index is -0.526. The van der Waals surface area contributed by atoms with Gasteiger partial charge in [-0.25, -0.2) is 4.79 Å². The Bertz CT molecular complexity index is 1000. The lowest BCUT2D eigenvalue weighted by atomic mass is 9.96. The van der Waals surface area contributed by atoms with Crippen LogP contribution in [0.5, 0.6) is 0 Å². The van der Waals surface area contributed by atoms with Gasteiger partial charge in [0.25, 0.3) is 5.89 Å². The number of para-hydroxylation sites is 1. The summed E-state index contributed by atoms with van der Waals surface area (Å²) in [6, 6.07) is 5.26. The van der Waals surface area contributed by atoms with Crippen molar-refractivity contribution in [3.63, 3.8) is 0 Å². The number of benzene rings is 1. The van der Waals surface area contributed by atoms with Crippen molar-refractivity contribution in [2.75, 3.05) is 13.1 Å². The number of carbonyl (C=O) groups excluding carboxylic acids is 1. The lowest BCUT2D eigenvalue weighted by molar-refractivity contribution is -0.134. The van der Waals surface area contributed by atoms with E-state index in [4.69, 9.17) is 8.94 Å². The molecule has 3 heterocycles. The SMILES string of the molecule is CC(C)CN1CC(c2noc(-c3cccc4oc(=O)[nH]c34)n2)CCC1=O. The van der Waals surface area contributed by atoms with Gasteiger partial charge in [0.1, 0.15) is 0 Å². The van der Waals surface area contributed by atoms with Gasteiger partial charge >= 0.3 is 5.76 Å². The molecule has 0 radical (unpaired) electrons. The predicted molar refractivity (Wildman–Crippen MR) is 93.5 cm³/mol. The number of hydrogen-bond donors (Lipinski definition) is 1. The molecule has 1 fully saturated rings. The monoisotopic (exact) mass is 356 g/mol. The van der Waals surface area contributed by atoms with E-state index in [1.54, 1.807) is 18.2 Å². The molecule has 1 aliphatic heterocycles. The maximum absolute atomic E-state index is 12.1. The quantitative estimate of drug-likeness (QED) is 0.770. The average Bonchev–Trinajstić information content (AvgIpc) is 3.21. The second kappa shape index (κ2) is 6.44. The zero-order chi connectivity index (χ0) is 18.3. The molecule has 136 valence electrons. The van der Waals surface area contributed by atoms with Crippen LogP contribution < -0.4 is 5.76 Å². The molecule has 8 nitrogen and oxygen atoms in total. The van der Waals surface area contributed by atoms with Crippen molar-refractivity contribution in [3.8, 4) is 11.5 Å². The van der Waals surface area contributed by atoms with E-state index in [0.29, 0.717) is 53.7 Å². The van der Waals surface area contributed by atoms with Gasteiger partial charge < -0.3 is 13.8 Å². The zero-order valence-electron chi connectivity index (χ0n) is 14.7. The first-order chi connectivity index (χ1) is 12.5. The van der Waals surface area contributed by atoms with Crippen molar-refractivity contribution >= 4 is 17.0 Å². The van der Waals surface area contributed by atoms with Crippen molar-refractivity contribution in [3.05, 3.63) is 34.6 Å². The molecule has 26 heavy (non-hydrogen) atoms. The van der Waals surface area contributed by atoms with Gasteiger partial charge in [0, 0.05) is 25.4 Å². The van der Waals surface area contributed by atoms with Gasteiger partial charge in [-0.1, -0.05) is 25.1 Å². The normalized spacial score (nSPS) is 18.2. The number of piperidine rings is 1. The molecule has 2 aromatic heterocycles. The second-order valence-electron chi connectivity index (χ2n) is 7.08. The summed E-state index contributed by atoms with van der Waals surface area (Å²) in [7, 11) is 0. The number of H-pyrrole nitrogens is 1. The van der Waals surface area contributed by atoms with Crippen LogP contribution in [0.3, 0.4) is 0 Å². The first-order valence-corrected chi connectivity index (χ1v) is 8.75. The average molecular weight is 356 g/mol. The maximum Gasteiger partial charge on any atom is 0.417 e. The molecule has 0 aliphatic carbocycles. The Morgan fingerprint density at radius 2 is 2.19 bits per heavy atom. The van der Waals surface area contributed by atoms with E-state index in [1.165, 1.54) is 0 Å². The molecular formula is C18H20N4O4. The van der Waals surface area contributed by atoms with Crippen LogP contribution in [0.4, 0.5) is 0 Å². The summed E-state index contributed by atoms with van der Waals surface area (Å²) in [5.74, 6) is 1.03. The molecule has 0 bridgehead atoms. The van der Waals surface area contributed by atoms with Crippen LogP contribution in [0.2, 0.25) is 0 Å². The minimum Gasteiger partial charge on any atom is -0.408 e. The number of nitrogens with zero attached hydrogens (tertiary/aromatic N) is 3. The van der Waals surface area contributed by atoms with Crippen molar-refractivity contribution in [1.29, 1.82) is 0 Å². The maximum atomic E-state index is 12.1. The van der Waals surface area contributed by atoms with E-state index in [-0.39, 0.29) is 11.8 Å². The summed E-state index contributed by atoms with van der Waals surface area (Å²) in [5.41, 5.74) is 1.60. The molecule has 1 aromatic carbocycles. The molecule has 1 unspecified atom stereocenters. The number of carbonyl (C=O) groups is 1. The molecule has 1 amide bonds. The highest BCUT2D eigenvalue weighted by atomic mass is 16.5. The smallest absolute Gasteiger partial charge is 0.408 e. The van der Waals surface area contributed by atoms with Gasteiger partial charge in [-0.05, 0) is 24.5 Å². The fourth-order valence-corrected chi connectivity index (χ4v) is 3.40. The molecule has 0 saturated carbocycles. The van der Waals surface area contributed by atoms with E-state index < -0.39 is 5.76 Å². The third-order valence-electron chi connectivity index (χ3n) is 4.58. The van der Waals surface area contributed by atoms with Crippen LogP contribution in [0.1, 0.15) is 38.4 Å². The van der Waals surface area contributed by atoms with Gasteiger partial charge in [-0.2, -0.15) is 4.98 Å². The van der Waals surface area contributed by atoms with Crippen LogP contribution in [0, 0.1) is 5.92 Å². The Morgan fingerprint density at radius 3 is 3.00 bits per heavy atom. The Kier molecular flexibility index (Phi) is 4.10. The Balaban J connectivity index is 1.61. The lowest BCUT2D eigenvalue weighted by Crippen LogP contribution is -2.41. The summed E-state index contributed by atoms with van der Waals surface area (Å²) in [5, 5.41) is 4.12. The van der Waals surface area contributed by atoms with Crippen molar-refractivity contribution in [2.45, 2.75) is 32.6 Å². The number of nitrogens with one attached hydrogen (secondary N) is 1. The molecule has 1 saturated heterocycles. The second-order valence-corrected chi connectivity index (χ2v) is 7.08. The molecule has 0 spiro atoms. The van der Waals surface area contributed by atoms with Gasteiger partial charge in [0.2, 0.25) is 5.91 Å². The first-order valence-electron chi connectivity index (χ1n) is 8.75. The number of likely N-dealkylation sites (tertiary alicyclic amines) is 1. The highest BCUT2D eigenvalue weighted by Crippen LogP contribution is 2.30. The molecule has 4 rings (SSSR count). The van der Waals surface area contributed by atoms with Crippen LogP contribution in [0.15, 0.2) is 31.9 Å². The Hall–Kier alpha value is -2.90. The molecule has 3 aromatic rings. The molecule has 1 atom stereocenters. The summed E-state index contributed by atoms with van der Waals surface area (Å²) >= 11 is 0. The first kappa shape index (κ1) is 16.6. The number of fused-ring (bicyclic) bond motifs is 1. The number of aromatic nitrogens is 3. The van der Waals surface area contributed by atoms with Crippen LogP contribution >= 0.6 is 0 Å². The molecule has 1 aliphatic rings. The minimum absolute atomic E-state index is 0.0477. The number of aromatic amines is 1. The van der Waals surface area contributed by atoms with Crippen LogP contribution in [0.25, 0.3) is 22.6 Å². The summed E-state index contributed by atoms with van der Waals surface area (Å²) in [4.78, 5) is 32.6. The van der Waals surface area contributed by atoms with Crippen LogP contribution in [-0.2, 0) is 4.79 Å². The van der Waals surface area contributed by atoms with E-state index in [1.807, 2.05) is 4.90 Å². The van der Waals surface area contributed by atoms with Gasteiger partial charge in [0.05, 0.1) is 11.1 Å². The zero-order valence-corrected chi connectivity index (χ0v) is 14.7. The number of oxazole rings is 1.